The smallest absolute Gasteiger partial charge is 0.256 e. The Hall–Kier alpha value is -3.48. The molecule has 2 atom stereocenters. The first-order chi connectivity index (χ1) is 14.0. The lowest BCUT2D eigenvalue weighted by atomic mass is 10.1. The number of benzene rings is 1. The van der Waals surface area contributed by atoms with Crippen LogP contribution in [0.4, 0.5) is 5.82 Å². The van der Waals surface area contributed by atoms with Gasteiger partial charge >= 0.3 is 0 Å². The van der Waals surface area contributed by atoms with Gasteiger partial charge in [-0.1, -0.05) is 6.07 Å². The van der Waals surface area contributed by atoms with Crippen LogP contribution < -0.4 is 16.0 Å². The fourth-order valence-electron chi connectivity index (χ4n) is 3.11. The first-order valence-corrected chi connectivity index (χ1v) is 9.92. The van der Waals surface area contributed by atoms with Crippen molar-refractivity contribution in [3.05, 3.63) is 59.0 Å². The summed E-state index contributed by atoms with van der Waals surface area (Å²) >= 11 is 1.54. The number of nitriles is 1. The average Bonchev–Trinajstić information content (AvgIpc) is 3.37. The zero-order valence-corrected chi connectivity index (χ0v) is 16.4. The Morgan fingerprint density at radius 3 is 2.79 bits per heavy atom. The van der Waals surface area contributed by atoms with Crippen molar-refractivity contribution in [3.8, 4) is 16.6 Å². The lowest BCUT2D eigenvalue weighted by Crippen LogP contribution is -2.52. The molecule has 3 N–H and O–H groups in total. The second-order valence-corrected chi connectivity index (χ2v) is 7.67. The van der Waals surface area contributed by atoms with E-state index in [-0.39, 0.29) is 17.9 Å². The topological polar surface area (TPSA) is 112 Å². The highest BCUT2D eigenvalue weighted by atomic mass is 32.1. The van der Waals surface area contributed by atoms with Crippen LogP contribution in [0.5, 0.6) is 0 Å². The van der Waals surface area contributed by atoms with Crippen molar-refractivity contribution in [2.75, 3.05) is 5.32 Å². The minimum Gasteiger partial charge on any atom is -0.322 e. The first kappa shape index (κ1) is 18.9. The molecule has 1 aromatic carbocycles. The second-order valence-electron chi connectivity index (χ2n) is 6.72. The van der Waals surface area contributed by atoms with E-state index in [0.717, 1.165) is 4.88 Å². The van der Waals surface area contributed by atoms with Crippen molar-refractivity contribution in [1.82, 2.24) is 20.4 Å². The van der Waals surface area contributed by atoms with E-state index in [2.05, 4.69) is 21.0 Å². The third-order valence-electron chi connectivity index (χ3n) is 4.50. The summed E-state index contributed by atoms with van der Waals surface area (Å²) in [5.41, 5.74) is 1.60. The van der Waals surface area contributed by atoms with E-state index >= 15 is 0 Å². The van der Waals surface area contributed by atoms with Crippen molar-refractivity contribution >= 4 is 29.0 Å². The molecule has 8 nitrogen and oxygen atoms in total. The Labute approximate surface area is 171 Å². The van der Waals surface area contributed by atoms with E-state index in [1.807, 2.05) is 30.5 Å². The van der Waals surface area contributed by atoms with Crippen molar-refractivity contribution in [1.29, 1.82) is 5.26 Å². The molecule has 0 bridgehead atoms. The molecule has 1 fully saturated rings. The highest BCUT2D eigenvalue weighted by Crippen LogP contribution is 2.28. The number of amides is 2. The molecule has 29 heavy (non-hydrogen) atoms. The molecule has 146 valence electrons. The van der Waals surface area contributed by atoms with Crippen LogP contribution in [0.3, 0.4) is 0 Å². The fourth-order valence-corrected chi connectivity index (χ4v) is 3.79. The number of carbonyl (C=O) groups is 2. The van der Waals surface area contributed by atoms with Gasteiger partial charge in [-0.25, -0.2) is 4.68 Å². The quantitative estimate of drug-likeness (QED) is 0.617. The number of carbonyl (C=O) groups excluding carboxylic acids is 2. The number of thiophene rings is 1. The highest BCUT2D eigenvalue weighted by molar-refractivity contribution is 7.13. The summed E-state index contributed by atoms with van der Waals surface area (Å²) in [5, 5.41) is 24.5. The number of hydrogen-bond donors (Lipinski definition) is 3. The molecule has 1 aliphatic rings. The fraction of sp³-hybridized carbons (Fsp3) is 0.200. The lowest BCUT2D eigenvalue weighted by molar-refractivity contribution is -0.125. The molecule has 0 spiro atoms. The maximum atomic E-state index is 12.7. The van der Waals surface area contributed by atoms with E-state index in [1.54, 1.807) is 35.0 Å². The van der Waals surface area contributed by atoms with Gasteiger partial charge in [-0.15, -0.1) is 11.3 Å². The number of hydrogen-bond acceptors (Lipinski definition) is 6. The lowest BCUT2D eigenvalue weighted by Gasteiger charge is -2.30. The maximum absolute atomic E-state index is 12.7. The summed E-state index contributed by atoms with van der Waals surface area (Å²) in [6, 6.07) is 14.0. The second kappa shape index (κ2) is 7.87. The summed E-state index contributed by atoms with van der Waals surface area (Å²) in [5.74, 6) is 0.0389. The van der Waals surface area contributed by atoms with Gasteiger partial charge in [0.05, 0.1) is 16.5 Å². The number of anilines is 1. The SMILES string of the molecule is CC1CC(=O)NC(n2nc(-c3cccs3)cc2NC(=O)c2ccc(C#N)cc2)N1. The highest BCUT2D eigenvalue weighted by Gasteiger charge is 2.27. The molecule has 1 saturated heterocycles. The van der Waals surface area contributed by atoms with Crippen LogP contribution in [0.1, 0.15) is 35.6 Å². The Kier molecular flexibility index (Phi) is 5.12. The molecular formula is C20H18N6O2S. The van der Waals surface area contributed by atoms with Gasteiger partial charge in [0.25, 0.3) is 5.91 Å². The van der Waals surface area contributed by atoms with Gasteiger partial charge in [-0.3, -0.25) is 14.9 Å². The first-order valence-electron chi connectivity index (χ1n) is 9.04. The molecular weight excluding hydrogens is 388 g/mol. The molecule has 2 amide bonds. The minimum atomic E-state index is -0.573. The number of aromatic nitrogens is 2. The Morgan fingerprint density at radius 2 is 2.14 bits per heavy atom. The zero-order valence-electron chi connectivity index (χ0n) is 15.5. The standard InChI is InChI=1S/C20H18N6O2S/c1-12-9-18(27)24-20(22-12)26-17(10-15(25-26)16-3-2-8-29-16)23-19(28)14-6-4-13(11-21)5-7-14/h2-8,10,12,20,22H,9H2,1H3,(H,23,28)(H,24,27). The van der Waals surface area contributed by atoms with Gasteiger partial charge in [0, 0.05) is 24.1 Å². The molecule has 1 aliphatic heterocycles. The van der Waals surface area contributed by atoms with Gasteiger partial charge < -0.3 is 10.6 Å². The summed E-state index contributed by atoms with van der Waals surface area (Å²) in [4.78, 5) is 25.7. The average molecular weight is 406 g/mol. The molecule has 0 saturated carbocycles. The number of nitrogens with one attached hydrogen (secondary N) is 3. The van der Waals surface area contributed by atoms with Crippen molar-refractivity contribution < 1.29 is 9.59 Å². The molecule has 0 radical (unpaired) electrons. The van der Waals surface area contributed by atoms with Crippen molar-refractivity contribution in [2.45, 2.75) is 25.7 Å². The van der Waals surface area contributed by atoms with Gasteiger partial charge in [0.15, 0.2) is 6.29 Å². The molecule has 0 aliphatic carbocycles. The maximum Gasteiger partial charge on any atom is 0.256 e. The zero-order chi connectivity index (χ0) is 20.4. The molecule has 2 unspecified atom stereocenters. The van der Waals surface area contributed by atoms with Crippen LogP contribution in [-0.4, -0.2) is 27.6 Å². The minimum absolute atomic E-state index is 0.0229. The van der Waals surface area contributed by atoms with Crippen LogP contribution >= 0.6 is 11.3 Å². The van der Waals surface area contributed by atoms with E-state index in [0.29, 0.717) is 29.1 Å². The molecule has 3 aromatic rings. The number of nitrogens with zero attached hydrogens (tertiary/aromatic N) is 3. The Bertz CT molecular complexity index is 1080. The molecule has 4 rings (SSSR count). The van der Waals surface area contributed by atoms with Crippen LogP contribution in [0, 0.1) is 11.3 Å². The van der Waals surface area contributed by atoms with Gasteiger partial charge in [0.1, 0.15) is 11.5 Å². The summed E-state index contributed by atoms with van der Waals surface area (Å²) in [6.45, 7) is 1.92. The van der Waals surface area contributed by atoms with E-state index in [1.165, 1.54) is 11.3 Å². The normalized spacial score (nSPS) is 18.7. The Balaban J connectivity index is 1.66. The predicted octanol–water partition coefficient (Wildman–Crippen LogP) is 2.69. The van der Waals surface area contributed by atoms with Crippen LogP contribution in [0.25, 0.3) is 10.6 Å². The van der Waals surface area contributed by atoms with Crippen molar-refractivity contribution in [2.24, 2.45) is 0 Å². The number of rotatable bonds is 4. The van der Waals surface area contributed by atoms with Crippen molar-refractivity contribution in [3.63, 3.8) is 0 Å². The summed E-state index contributed by atoms with van der Waals surface area (Å²) in [6.07, 6.45) is -0.195. The predicted molar refractivity (Wildman–Crippen MR) is 109 cm³/mol. The largest absolute Gasteiger partial charge is 0.322 e. The van der Waals surface area contributed by atoms with Gasteiger partial charge in [0.2, 0.25) is 5.91 Å². The van der Waals surface area contributed by atoms with Crippen LogP contribution in [0.2, 0.25) is 0 Å². The Morgan fingerprint density at radius 1 is 1.34 bits per heavy atom. The molecule has 9 heteroatoms. The van der Waals surface area contributed by atoms with Gasteiger partial charge in [-0.05, 0) is 42.6 Å². The third kappa shape index (κ3) is 4.03. The van der Waals surface area contributed by atoms with E-state index in [4.69, 9.17) is 5.26 Å². The molecule has 2 aromatic heterocycles. The van der Waals surface area contributed by atoms with E-state index in [9.17, 15) is 9.59 Å². The van der Waals surface area contributed by atoms with Crippen LogP contribution in [-0.2, 0) is 4.79 Å². The van der Waals surface area contributed by atoms with Crippen LogP contribution in [0.15, 0.2) is 47.8 Å². The van der Waals surface area contributed by atoms with Gasteiger partial charge in [-0.2, -0.15) is 10.4 Å². The summed E-state index contributed by atoms with van der Waals surface area (Å²) in [7, 11) is 0. The molecule has 3 heterocycles. The summed E-state index contributed by atoms with van der Waals surface area (Å²) < 4.78 is 1.57. The monoisotopic (exact) mass is 406 g/mol. The van der Waals surface area contributed by atoms with E-state index < -0.39 is 6.29 Å². The third-order valence-corrected chi connectivity index (χ3v) is 5.40.